The summed E-state index contributed by atoms with van der Waals surface area (Å²) in [5, 5.41) is 5.80. The van der Waals surface area contributed by atoms with Crippen LogP contribution in [0.4, 0.5) is 0 Å². The Labute approximate surface area is 289 Å². The zero-order valence-corrected chi connectivity index (χ0v) is 29.1. The molecule has 9 heteroatoms. The van der Waals surface area contributed by atoms with Crippen molar-refractivity contribution in [3.63, 3.8) is 0 Å². The summed E-state index contributed by atoms with van der Waals surface area (Å²) < 4.78 is 5.39. The first-order valence-corrected chi connectivity index (χ1v) is 16.9. The summed E-state index contributed by atoms with van der Waals surface area (Å²) in [7, 11) is 0. The molecule has 0 spiro atoms. The highest BCUT2D eigenvalue weighted by Gasteiger charge is 2.19. The molecule has 0 radical (unpaired) electrons. The maximum Gasteiger partial charge on any atom is 0.257 e. The van der Waals surface area contributed by atoms with Crippen molar-refractivity contribution in [2.24, 2.45) is 0 Å². The van der Waals surface area contributed by atoms with E-state index in [1.54, 1.807) is 12.1 Å². The van der Waals surface area contributed by atoms with Gasteiger partial charge < -0.3 is 15.4 Å². The Balaban J connectivity index is 0.000000327. The van der Waals surface area contributed by atoms with Gasteiger partial charge in [0, 0.05) is 37.1 Å². The monoisotopic (exact) mass is 680 g/mol. The fourth-order valence-corrected chi connectivity index (χ4v) is 4.83. The average molecular weight is 682 g/mol. The first-order chi connectivity index (χ1) is 22.6. The van der Waals surface area contributed by atoms with Crippen molar-refractivity contribution in [3.05, 3.63) is 100 Å². The van der Waals surface area contributed by atoms with Crippen molar-refractivity contribution < 1.29 is 23.9 Å². The molecule has 0 aliphatic carbocycles. The number of carbonyl (C=O) groups excluding carboxylic acids is 4. The number of Topliss-reactive ketones (excluding diaryl/α,β-unsaturated/α-hetero) is 2. The first-order valence-electron chi connectivity index (χ1n) is 16.2. The number of ether oxygens (including phenoxy) is 1. The van der Waals surface area contributed by atoms with Crippen molar-refractivity contribution in [2.45, 2.75) is 72.1 Å². The van der Waals surface area contributed by atoms with Crippen LogP contribution in [-0.4, -0.2) is 43.1 Å². The van der Waals surface area contributed by atoms with E-state index in [2.05, 4.69) is 24.1 Å². The van der Waals surface area contributed by atoms with Crippen molar-refractivity contribution in [1.29, 1.82) is 0 Å². The first kappa shape index (κ1) is 39.2. The highest BCUT2D eigenvalue weighted by atomic mass is 35.5. The Hall–Kier alpha value is -3.94. The van der Waals surface area contributed by atoms with E-state index in [0.29, 0.717) is 36.2 Å². The maximum absolute atomic E-state index is 12.3. The van der Waals surface area contributed by atoms with Crippen LogP contribution in [0.1, 0.15) is 92.9 Å². The standard InChI is InChI=1S/C20H23NO2.C18H23Cl2NO3/c1-2-3-15-21-20(23)14-13-19(22)18-11-9-17(10-12-18)16-7-5-4-6-8-16;1-4-6-10-21-15(22)11-24-14-9-8-13(16(19)17(14)20)18(23)12(3)7-5-2/h4-12H,2-3,13-15H2,1H3,(H,21,23);8-9H,3-7,10-11H2,1-2H3,(H,21,22). The van der Waals surface area contributed by atoms with Gasteiger partial charge in [-0.05, 0) is 48.1 Å². The molecule has 2 amide bonds. The zero-order chi connectivity index (χ0) is 34.6. The zero-order valence-electron chi connectivity index (χ0n) is 27.6. The number of allylic oxidation sites excluding steroid dienone is 1. The van der Waals surface area contributed by atoms with E-state index in [1.165, 1.54) is 0 Å². The molecule has 3 aromatic carbocycles. The SMILES string of the molecule is C=C(CCC)C(=O)c1ccc(OCC(=O)NCCCC)c(Cl)c1Cl.CCCCNC(=O)CCC(=O)c1ccc(-c2ccccc2)cc1. The minimum atomic E-state index is -0.230. The molecular weight excluding hydrogens is 635 g/mol. The van der Waals surface area contributed by atoms with Crippen molar-refractivity contribution >= 4 is 46.6 Å². The second-order valence-electron chi connectivity index (χ2n) is 11.0. The summed E-state index contributed by atoms with van der Waals surface area (Å²) in [5.41, 5.74) is 3.64. The van der Waals surface area contributed by atoms with Gasteiger partial charge in [-0.1, -0.05) is 124 Å². The van der Waals surface area contributed by atoms with Gasteiger partial charge in [-0.15, -0.1) is 0 Å². The Bertz CT molecular complexity index is 1470. The number of nitrogens with one attached hydrogen (secondary N) is 2. The topological polar surface area (TPSA) is 102 Å². The van der Waals surface area contributed by atoms with Gasteiger partial charge in [-0.3, -0.25) is 19.2 Å². The lowest BCUT2D eigenvalue weighted by Crippen LogP contribution is -2.29. The normalized spacial score (nSPS) is 10.3. The number of carbonyl (C=O) groups is 4. The second-order valence-corrected chi connectivity index (χ2v) is 11.7. The van der Waals surface area contributed by atoms with E-state index < -0.39 is 0 Å². The summed E-state index contributed by atoms with van der Waals surface area (Å²) in [5.74, 6) is -0.229. The van der Waals surface area contributed by atoms with Gasteiger partial charge in [-0.2, -0.15) is 0 Å². The third kappa shape index (κ3) is 13.8. The number of halogens is 2. The van der Waals surface area contributed by atoms with Crippen LogP contribution in [0.5, 0.6) is 5.75 Å². The molecule has 0 atom stereocenters. The van der Waals surface area contributed by atoms with Crippen molar-refractivity contribution in [1.82, 2.24) is 10.6 Å². The highest BCUT2D eigenvalue weighted by Crippen LogP contribution is 2.36. The minimum absolute atomic E-state index is 0.00949. The minimum Gasteiger partial charge on any atom is -0.482 e. The maximum atomic E-state index is 12.3. The van der Waals surface area contributed by atoms with Crippen LogP contribution < -0.4 is 15.4 Å². The second kappa shape index (κ2) is 21.8. The number of hydrogen-bond donors (Lipinski definition) is 2. The smallest absolute Gasteiger partial charge is 0.257 e. The molecule has 0 aromatic heterocycles. The summed E-state index contributed by atoms with van der Waals surface area (Å²) >= 11 is 12.3. The highest BCUT2D eigenvalue weighted by molar-refractivity contribution is 6.45. The summed E-state index contributed by atoms with van der Waals surface area (Å²) in [6, 6.07) is 20.7. The van der Waals surface area contributed by atoms with Gasteiger partial charge >= 0.3 is 0 Å². The van der Waals surface area contributed by atoms with Gasteiger partial charge in [0.05, 0.1) is 5.02 Å². The number of amides is 2. The number of benzene rings is 3. The molecule has 0 fully saturated rings. The van der Waals surface area contributed by atoms with E-state index >= 15 is 0 Å². The van der Waals surface area contributed by atoms with E-state index in [0.717, 1.165) is 43.2 Å². The molecule has 0 saturated heterocycles. The summed E-state index contributed by atoms with van der Waals surface area (Å²) in [6.07, 6.45) is 5.87. The molecule has 47 heavy (non-hydrogen) atoms. The Kier molecular flexibility index (Phi) is 18.2. The molecule has 0 aliphatic rings. The fraction of sp³-hybridized carbons (Fsp3) is 0.368. The quantitative estimate of drug-likeness (QED) is 0.0793. The van der Waals surface area contributed by atoms with Crippen LogP contribution in [0.2, 0.25) is 10.0 Å². The largest absolute Gasteiger partial charge is 0.482 e. The predicted molar refractivity (Wildman–Crippen MR) is 192 cm³/mol. The van der Waals surface area contributed by atoms with Crippen LogP contribution in [0.3, 0.4) is 0 Å². The third-order valence-corrected chi connectivity index (χ3v) is 7.99. The lowest BCUT2D eigenvalue weighted by molar-refractivity contribution is -0.123. The number of unbranched alkanes of at least 4 members (excludes halogenated alkanes) is 2. The molecule has 252 valence electrons. The average Bonchev–Trinajstić information content (AvgIpc) is 3.08. The molecule has 0 bridgehead atoms. The van der Waals surface area contributed by atoms with E-state index in [4.69, 9.17) is 27.9 Å². The molecule has 0 unspecified atom stereocenters. The predicted octanol–water partition coefficient (Wildman–Crippen LogP) is 9.06. The van der Waals surface area contributed by atoms with E-state index in [1.807, 2.05) is 68.4 Å². The molecule has 2 N–H and O–H groups in total. The Morgan fingerprint density at radius 2 is 1.28 bits per heavy atom. The van der Waals surface area contributed by atoms with Crippen molar-refractivity contribution in [2.75, 3.05) is 19.7 Å². The van der Waals surface area contributed by atoms with Gasteiger partial charge in [0.15, 0.2) is 18.2 Å². The van der Waals surface area contributed by atoms with Crippen LogP contribution in [0.15, 0.2) is 78.9 Å². The molecule has 0 saturated carbocycles. The third-order valence-electron chi connectivity index (χ3n) is 7.12. The van der Waals surface area contributed by atoms with Crippen LogP contribution >= 0.6 is 23.2 Å². The van der Waals surface area contributed by atoms with Crippen molar-refractivity contribution in [3.8, 4) is 16.9 Å². The van der Waals surface area contributed by atoms with Gasteiger partial charge in [0.1, 0.15) is 10.8 Å². The van der Waals surface area contributed by atoms with Gasteiger partial charge in [0.25, 0.3) is 5.91 Å². The Morgan fingerprint density at radius 1 is 0.681 bits per heavy atom. The molecule has 0 heterocycles. The van der Waals surface area contributed by atoms with Crippen LogP contribution in [0.25, 0.3) is 11.1 Å². The molecule has 3 aromatic rings. The van der Waals surface area contributed by atoms with Gasteiger partial charge in [0.2, 0.25) is 5.91 Å². The van der Waals surface area contributed by atoms with E-state index in [9.17, 15) is 19.2 Å². The lowest BCUT2D eigenvalue weighted by Gasteiger charge is -2.12. The lowest BCUT2D eigenvalue weighted by atomic mass is 10.0. The molecular formula is C38H46Cl2N2O5. The summed E-state index contributed by atoms with van der Waals surface area (Å²) in [6.45, 7) is 11.0. The molecule has 0 aliphatic heterocycles. The van der Waals surface area contributed by atoms with Crippen LogP contribution in [0, 0.1) is 0 Å². The number of ketones is 2. The fourth-order valence-electron chi connectivity index (χ4n) is 4.37. The molecule has 7 nitrogen and oxygen atoms in total. The molecule has 3 rings (SSSR count). The number of hydrogen-bond acceptors (Lipinski definition) is 5. The number of rotatable bonds is 18. The van der Waals surface area contributed by atoms with Crippen LogP contribution in [-0.2, 0) is 9.59 Å². The van der Waals surface area contributed by atoms with Gasteiger partial charge in [-0.25, -0.2) is 0 Å². The van der Waals surface area contributed by atoms with E-state index in [-0.39, 0.29) is 58.6 Å². The summed E-state index contributed by atoms with van der Waals surface area (Å²) in [4.78, 5) is 47.7. The Morgan fingerprint density at radius 3 is 1.87 bits per heavy atom.